The van der Waals surface area contributed by atoms with Crippen molar-refractivity contribution in [3.63, 3.8) is 0 Å². The maximum atomic E-state index is 12.5. The van der Waals surface area contributed by atoms with Crippen molar-refractivity contribution in [3.8, 4) is 5.75 Å². The molecule has 1 saturated carbocycles. The van der Waals surface area contributed by atoms with Crippen molar-refractivity contribution in [1.29, 1.82) is 0 Å². The van der Waals surface area contributed by atoms with Gasteiger partial charge in [0, 0.05) is 12.8 Å². The van der Waals surface area contributed by atoms with E-state index in [0.717, 1.165) is 31.4 Å². The van der Waals surface area contributed by atoms with E-state index in [0.29, 0.717) is 12.5 Å². The highest BCUT2D eigenvalue weighted by Gasteiger charge is 2.30. The lowest BCUT2D eigenvalue weighted by Gasteiger charge is -2.09. The smallest absolute Gasteiger partial charge is 0.416 e. The van der Waals surface area contributed by atoms with Crippen molar-refractivity contribution in [2.45, 2.75) is 89.8 Å². The number of carbonyl (C=O) groups is 2. The molecule has 0 heterocycles. The highest BCUT2D eigenvalue weighted by molar-refractivity contribution is 5.66. The van der Waals surface area contributed by atoms with Crippen LogP contribution in [-0.4, -0.2) is 62.6 Å². The van der Waals surface area contributed by atoms with Crippen molar-refractivity contribution in [3.05, 3.63) is 64.2 Å². The normalized spacial score (nSPS) is 13.4. The average molecular weight is 642 g/mol. The summed E-state index contributed by atoms with van der Waals surface area (Å²) >= 11 is 0. The number of ether oxygens (including phenoxy) is 1. The molecule has 15 heteroatoms. The van der Waals surface area contributed by atoms with E-state index in [4.69, 9.17) is 20.1 Å². The number of aliphatic hydroxyl groups excluding tert-OH is 1. The second-order valence-electron chi connectivity index (χ2n) is 9.45. The van der Waals surface area contributed by atoms with Gasteiger partial charge < -0.3 is 35.8 Å². The van der Waals surface area contributed by atoms with Gasteiger partial charge in [-0.1, -0.05) is 43.2 Å². The van der Waals surface area contributed by atoms with Crippen LogP contribution in [0.2, 0.25) is 0 Å². The fourth-order valence-electron chi connectivity index (χ4n) is 3.70. The lowest BCUT2D eigenvalue weighted by molar-refractivity contribution is -0.759. The molecule has 254 valence electrons. The minimum absolute atomic E-state index is 0. The lowest BCUT2D eigenvalue weighted by Crippen LogP contribution is -2.18. The van der Waals surface area contributed by atoms with Gasteiger partial charge in [0.05, 0.1) is 18.3 Å². The van der Waals surface area contributed by atoms with E-state index in [1.54, 1.807) is 6.07 Å². The van der Waals surface area contributed by atoms with Gasteiger partial charge in [0.1, 0.15) is 12.4 Å². The summed E-state index contributed by atoms with van der Waals surface area (Å²) in [4.78, 5) is 33.5. The van der Waals surface area contributed by atoms with Gasteiger partial charge in [-0.25, -0.2) is 0 Å². The summed E-state index contributed by atoms with van der Waals surface area (Å²) in [5, 5.41) is 34.1. The van der Waals surface area contributed by atoms with Gasteiger partial charge in [0.25, 0.3) is 5.09 Å². The summed E-state index contributed by atoms with van der Waals surface area (Å²) in [6.45, 7) is 1.93. The lowest BCUT2D eigenvalue weighted by atomic mass is 10.1. The number of benzene rings is 1. The Morgan fingerprint density at radius 3 is 2.23 bits per heavy atom. The van der Waals surface area contributed by atoms with Crippen molar-refractivity contribution in [1.82, 2.24) is 0 Å². The number of halogens is 3. The second-order valence-corrected chi connectivity index (χ2v) is 9.45. The Hall–Kier alpha value is -3.69. The minimum Gasteiger partial charge on any atom is -0.493 e. The van der Waals surface area contributed by atoms with Gasteiger partial charge in [-0.3, -0.25) is 9.59 Å². The number of rotatable bonds is 16. The molecule has 0 spiro atoms. The Bertz CT molecular complexity index is 966. The topological polar surface area (TPSA) is 219 Å². The number of carboxylic acid groups (broad SMARTS) is 2. The van der Waals surface area contributed by atoms with Gasteiger partial charge in [0.15, 0.2) is 0 Å². The number of aliphatic hydroxyl groups is 1. The summed E-state index contributed by atoms with van der Waals surface area (Å²) in [6, 6.07) is 5.01. The molecule has 1 aliphatic carbocycles. The Balaban J connectivity index is -0.000000611. The fourth-order valence-corrected chi connectivity index (χ4v) is 3.70. The molecular formula is C29H46F3NO11. The average Bonchev–Trinajstić information content (AvgIpc) is 3.44. The molecule has 0 aliphatic heterocycles. The van der Waals surface area contributed by atoms with Crippen LogP contribution in [-0.2, 0) is 20.6 Å². The molecule has 0 aromatic heterocycles. The number of aliphatic carboxylic acids is 2. The van der Waals surface area contributed by atoms with E-state index in [2.05, 4.69) is 17.0 Å². The molecule has 0 bridgehead atoms. The monoisotopic (exact) mass is 641 g/mol. The zero-order valence-electron chi connectivity index (χ0n) is 24.8. The zero-order valence-corrected chi connectivity index (χ0v) is 24.8. The predicted molar refractivity (Wildman–Crippen MR) is 157 cm³/mol. The first-order valence-corrected chi connectivity index (χ1v) is 13.8. The molecule has 0 amide bonds. The Morgan fingerprint density at radius 2 is 1.68 bits per heavy atom. The maximum absolute atomic E-state index is 12.5. The zero-order chi connectivity index (χ0) is 31.8. The first-order chi connectivity index (χ1) is 19.8. The van der Waals surface area contributed by atoms with Crippen molar-refractivity contribution in [2.24, 2.45) is 5.92 Å². The standard InChI is InChI=1S/C16H19F3O.C7H12O2.C6H11NO6.2H2O/c17-16(18,19)14-9-5-10-15(12-14)20-11-4-3-8-13-6-1-2-7-13;1-2-3-4-5-6-7(8)9;8-5(4-13-7(11)12)2-1-3-6(9)10;;/h3,5,8-10,12-13H,1-2,4,6-7,11H2;2-3H,4-6H2,1H3,(H,8,9);5,8H,1-4H2,(H,9,10);2*1H2/b8-3+;3-2-;;;. The molecule has 1 fully saturated rings. The van der Waals surface area contributed by atoms with Crippen LogP contribution in [0.25, 0.3) is 0 Å². The van der Waals surface area contributed by atoms with Crippen LogP contribution < -0.4 is 4.74 Å². The van der Waals surface area contributed by atoms with E-state index in [-0.39, 0.29) is 42.4 Å². The molecule has 44 heavy (non-hydrogen) atoms. The quantitative estimate of drug-likeness (QED) is 0.0933. The summed E-state index contributed by atoms with van der Waals surface area (Å²) in [5.41, 5.74) is -0.670. The molecule has 1 aliphatic rings. The van der Waals surface area contributed by atoms with E-state index < -0.39 is 41.5 Å². The first kappa shape index (κ1) is 44.7. The number of hydrogen-bond donors (Lipinski definition) is 3. The van der Waals surface area contributed by atoms with E-state index in [9.17, 15) is 32.9 Å². The van der Waals surface area contributed by atoms with Gasteiger partial charge in [-0.05, 0) is 76.0 Å². The molecular weight excluding hydrogens is 595 g/mol. The van der Waals surface area contributed by atoms with Gasteiger partial charge >= 0.3 is 18.1 Å². The van der Waals surface area contributed by atoms with Crippen molar-refractivity contribution in [2.75, 3.05) is 13.2 Å². The number of hydrogen-bond acceptors (Lipinski definition) is 7. The van der Waals surface area contributed by atoms with Crippen LogP contribution in [0.3, 0.4) is 0 Å². The molecule has 2 rings (SSSR count). The van der Waals surface area contributed by atoms with Crippen molar-refractivity contribution < 1.29 is 63.7 Å². The van der Waals surface area contributed by atoms with Crippen LogP contribution in [0.1, 0.15) is 83.1 Å². The molecule has 1 unspecified atom stereocenters. The van der Waals surface area contributed by atoms with Crippen LogP contribution >= 0.6 is 0 Å². The van der Waals surface area contributed by atoms with Gasteiger partial charge in [0.2, 0.25) is 0 Å². The van der Waals surface area contributed by atoms with Gasteiger partial charge in [-0.2, -0.15) is 13.2 Å². The minimum atomic E-state index is -4.32. The number of allylic oxidation sites excluding steroid dienone is 3. The van der Waals surface area contributed by atoms with Crippen molar-refractivity contribution >= 4 is 11.9 Å². The second kappa shape index (κ2) is 26.9. The molecule has 1 aromatic carbocycles. The summed E-state index contributed by atoms with van der Waals surface area (Å²) < 4.78 is 42.9. The van der Waals surface area contributed by atoms with Crippen LogP contribution in [0.5, 0.6) is 5.75 Å². The Kier molecular flexibility index (Phi) is 27.4. The number of nitrogens with zero attached hydrogens (tertiary/aromatic N) is 1. The first-order valence-electron chi connectivity index (χ1n) is 13.8. The predicted octanol–water partition coefficient (Wildman–Crippen LogP) is 5.20. The largest absolute Gasteiger partial charge is 0.493 e. The molecule has 7 N–H and O–H groups in total. The molecule has 12 nitrogen and oxygen atoms in total. The fraction of sp³-hybridized carbons (Fsp3) is 0.586. The summed E-state index contributed by atoms with van der Waals surface area (Å²) in [5.74, 6) is -0.709. The highest BCUT2D eigenvalue weighted by Crippen LogP contribution is 2.31. The van der Waals surface area contributed by atoms with Crippen LogP contribution in [0.15, 0.2) is 48.6 Å². The number of unbranched alkanes of at least 4 members (excludes halogenated alkanes) is 1. The Labute approximate surface area is 254 Å². The third kappa shape index (κ3) is 27.2. The molecule has 0 radical (unpaired) electrons. The number of carboxylic acids is 2. The van der Waals surface area contributed by atoms with Gasteiger partial charge in [-0.15, -0.1) is 10.1 Å². The molecule has 0 saturated heterocycles. The van der Waals surface area contributed by atoms with Crippen LogP contribution in [0.4, 0.5) is 13.2 Å². The summed E-state index contributed by atoms with van der Waals surface area (Å²) in [6.07, 6.45) is 11.0. The van der Waals surface area contributed by atoms with E-state index >= 15 is 0 Å². The SMILES string of the molecule is C/C=C\CCCC(=O)O.FC(F)(F)c1cccc(OCC/C=C/C2CCCC2)c1.O.O.O=C(O)CCCC(O)CO[N+](=O)[O-]. The third-order valence-corrected chi connectivity index (χ3v) is 5.82. The summed E-state index contributed by atoms with van der Waals surface area (Å²) in [7, 11) is 0. The van der Waals surface area contributed by atoms with E-state index in [1.165, 1.54) is 31.7 Å². The third-order valence-electron chi connectivity index (χ3n) is 5.82. The number of alkyl halides is 3. The Morgan fingerprint density at radius 1 is 1.07 bits per heavy atom. The maximum Gasteiger partial charge on any atom is 0.416 e. The molecule has 1 aromatic rings. The van der Waals surface area contributed by atoms with Crippen LogP contribution in [0, 0.1) is 16.0 Å². The highest BCUT2D eigenvalue weighted by atomic mass is 19.4. The van der Waals surface area contributed by atoms with E-state index in [1.807, 2.05) is 19.1 Å². The molecule has 1 atom stereocenters.